The third-order valence-electron chi connectivity index (χ3n) is 6.40. The first-order valence-electron chi connectivity index (χ1n) is 11.7. The number of hydrogen-bond donors (Lipinski definition) is 0. The maximum Gasteiger partial charge on any atom is 0.340 e. The minimum Gasteiger partial charge on any atom is -0.477 e. The summed E-state index contributed by atoms with van der Waals surface area (Å²) in [5, 5.41) is 0.656. The van der Waals surface area contributed by atoms with Crippen LogP contribution in [-0.2, 0) is 33.9 Å². The van der Waals surface area contributed by atoms with Crippen LogP contribution >= 0.6 is 0 Å². The maximum absolute atomic E-state index is 13.4. The molecule has 0 amide bonds. The summed E-state index contributed by atoms with van der Waals surface area (Å²) in [5.74, 6) is -0.225. The summed E-state index contributed by atoms with van der Waals surface area (Å²) < 4.78 is 40.2. The molecule has 0 bridgehead atoms. The zero-order valence-corrected chi connectivity index (χ0v) is 21.2. The van der Waals surface area contributed by atoms with Gasteiger partial charge in [-0.05, 0) is 38.2 Å². The van der Waals surface area contributed by atoms with Crippen LogP contribution in [0.1, 0.15) is 28.5 Å². The van der Waals surface area contributed by atoms with Crippen LogP contribution in [0.5, 0.6) is 5.75 Å². The Morgan fingerprint density at radius 3 is 2.61 bits per heavy atom. The van der Waals surface area contributed by atoms with Gasteiger partial charge in [-0.25, -0.2) is 13.2 Å². The van der Waals surface area contributed by atoms with Crippen molar-refractivity contribution in [1.29, 1.82) is 0 Å². The lowest BCUT2D eigenvalue weighted by molar-refractivity contribution is 0.0527. The Balaban J connectivity index is 1.81. The molecule has 186 valence electrons. The van der Waals surface area contributed by atoms with Gasteiger partial charge in [-0.2, -0.15) is 0 Å². The molecule has 0 aliphatic carbocycles. The highest BCUT2D eigenvalue weighted by molar-refractivity contribution is 7.90. The van der Waals surface area contributed by atoms with Crippen LogP contribution < -0.4 is 4.74 Å². The lowest BCUT2D eigenvalue weighted by Gasteiger charge is -2.28. The second-order valence-electron chi connectivity index (χ2n) is 8.83. The Morgan fingerprint density at radius 2 is 1.92 bits per heavy atom. The monoisotopic (exact) mass is 505 g/mol. The molecule has 1 aliphatic heterocycles. The highest BCUT2D eigenvalue weighted by atomic mass is 32.2. The van der Waals surface area contributed by atoms with Gasteiger partial charge in [-0.3, -0.25) is 9.88 Å². The first-order chi connectivity index (χ1) is 17.3. The number of esters is 1. The predicted molar refractivity (Wildman–Crippen MR) is 136 cm³/mol. The molecule has 0 saturated heterocycles. The number of sulfone groups is 1. The Hall–Kier alpha value is -3.69. The lowest BCUT2D eigenvalue weighted by atomic mass is 9.96. The molecule has 5 rings (SSSR count). The van der Waals surface area contributed by atoms with Crippen molar-refractivity contribution < 1.29 is 22.7 Å². The summed E-state index contributed by atoms with van der Waals surface area (Å²) in [6, 6.07) is 14.0. The van der Waals surface area contributed by atoms with Gasteiger partial charge in [0.05, 0.1) is 28.3 Å². The fourth-order valence-electron chi connectivity index (χ4n) is 4.73. The van der Waals surface area contributed by atoms with Crippen molar-refractivity contribution in [2.75, 3.05) is 20.4 Å². The van der Waals surface area contributed by atoms with Gasteiger partial charge in [0, 0.05) is 53.8 Å². The van der Waals surface area contributed by atoms with Gasteiger partial charge >= 0.3 is 5.97 Å². The zero-order valence-electron chi connectivity index (χ0n) is 20.4. The molecule has 1 aliphatic rings. The van der Waals surface area contributed by atoms with Crippen LogP contribution in [0.2, 0.25) is 0 Å². The quantitative estimate of drug-likeness (QED) is 0.363. The van der Waals surface area contributed by atoms with Gasteiger partial charge in [-0.1, -0.05) is 24.3 Å². The summed E-state index contributed by atoms with van der Waals surface area (Å²) in [4.78, 5) is 19.8. The van der Waals surface area contributed by atoms with E-state index in [-0.39, 0.29) is 22.8 Å². The molecular formula is C27H27N3O5S. The van der Waals surface area contributed by atoms with Gasteiger partial charge in [0.25, 0.3) is 0 Å². The number of pyridine rings is 1. The summed E-state index contributed by atoms with van der Waals surface area (Å²) in [6.07, 6.45) is 3.47. The number of aryl methyl sites for hydroxylation is 1. The molecule has 3 heterocycles. The number of ether oxygens (including phenoxy) is 2. The van der Waals surface area contributed by atoms with Crippen LogP contribution in [0.15, 0.2) is 65.8 Å². The molecule has 2 aromatic carbocycles. The first-order valence-corrected chi connectivity index (χ1v) is 13.3. The third-order valence-corrected chi connectivity index (χ3v) is 8.04. The number of fused-ring (bicyclic) bond motifs is 3. The number of carbonyl (C=O) groups excluding carboxylic acids is 1. The summed E-state index contributed by atoms with van der Waals surface area (Å²) in [6.45, 7) is 2.83. The second kappa shape index (κ2) is 9.40. The molecule has 36 heavy (non-hydrogen) atoms. The summed E-state index contributed by atoms with van der Waals surface area (Å²) >= 11 is 0. The molecule has 0 N–H and O–H groups in total. The predicted octanol–water partition coefficient (Wildman–Crippen LogP) is 4.17. The van der Waals surface area contributed by atoms with Crippen LogP contribution in [0, 0.1) is 0 Å². The molecule has 8 nitrogen and oxygen atoms in total. The minimum absolute atomic E-state index is 0.173. The first kappa shape index (κ1) is 24.0. The minimum atomic E-state index is -3.73. The molecular weight excluding hydrogens is 478 g/mol. The fraction of sp³-hybridized carbons (Fsp3) is 0.259. The standard InChI is InChI=1S/C27H27N3O5S/c1-4-34-27(31)25-23(16-36(32,33)19-10-6-5-7-11-19)30(3)22-13-20(18-9-8-12-28-14-18)26-21(24(22)25)15-29(2)17-35-26/h5-14H,4,15-17H2,1-3H3. The van der Waals surface area contributed by atoms with Gasteiger partial charge in [0.15, 0.2) is 9.84 Å². The van der Waals surface area contributed by atoms with E-state index in [1.807, 2.05) is 30.1 Å². The lowest BCUT2D eigenvalue weighted by Crippen LogP contribution is -2.28. The third kappa shape index (κ3) is 4.14. The molecule has 0 saturated carbocycles. The molecule has 0 radical (unpaired) electrons. The van der Waals surface area contributed by atoms with Crippen molar-refractivity contribution >= 4 is 26.7 Å². The van der Waals surface area contributed by atoms with Crippen molar-refractivity contribution in [3.63, 3.8) is 0 Å². The average Bonchev–Trinajstić information content (AvgIpc) is 3.15. The SMILES string of the molecule is CCOC(=O)c1c(CS(=O)(=O)c2ccccc2)n(C)c2cc(-c3cccnc3)c3c(c12)CN(C)CO3. The number of hydrogen-bond acceptors (Lipinski definition) is 7. The molecule has 0 fully saturated rings. The zero-order chi connectivity index (χ0) is 25.4. The summed E-state index contributed by atoms with van der Waals surface area (Å²) in [7, 11) is -0.0138. The Kier molecular flexibility index (Phi) is 6.27. The fourth-order valence-corrected chi connectivity index (χ4v) is 6.17. The van der Waals surface area contributed by atoms with Gasteiger partial charge in [0.2, 0.25) is 0 Å². The highest BCUT2D eigenvalue weighted by Crippen LogP contribution is 2.44. The van der Waals surface area contributed by atoms with E-state index in [4.69, 9.17) is 9.47 Å². The van der Waals surface area contributed by atoms with Gasteiger partial charge in [0.1, 0.15) is 12.5 Å². The van der Waals surface area contributed by atoms with E-state index in [1.54, 1.807) is 61.3 Å². The Morgan fingerprint density at radius 1 is 1.14 bits per heavy atom. The smallest absolute Gasteiger partial charge is 0.340 e. The average molecular weight is 506 g/mol. The van der Waals surface area contributed by atoms with Crippen LogP contribution in [0.4, 0.5) is 0 Å². The van der Waals surface area contributed by atoms with E-state index in [9.17, 15) is 13.2 Å². The topological polar surface area (TPSA) is 90.7 Å². The van der Waals surface area contributed by atoms with Gasteiger partial charge < -0.3 is 14.0 Å². The van der Waals surface area contributed by atoms with Crippen LogP contribution in [-0.4, -0.2) is 49.2 Å². The molecule has 2 aromatic heterocycles. The molecule has 0 spiro atoms. The second-order valence-corrected chi connectivity index (χ2v) is 10.8. The van der Waals surface area contributed by atoms with Crippen LogP contribution in [0.3, 0.4) is 0 Å². The normalized spacial score (nSPS) is 13.9. The largest absolute Gasteiger partial charge is 0.477 e. The Bertz CT molecular complexity index is 1550. The van der Waals surface area contributed by atoms with E-state index in [1.165, 1.54) is 0 Å². The molecule has 0 atom stereocenters. The van der Waals surface area contributed by atoms with Gasteiger partial charge in [-0.15, -0.1) is 0 Å². The van der Waals surface area contributed by atoms with E-state index < -0.39 is 15.8 Å². The van der Waals surface area contributed by atoms with E-state index >= 15 is 0 Å². The maximum atomic E-state index is 13.4. The highest BCUT2D eigenvalue weighted by Gasteiger charge is 2.32. The van der Waals surface area contributed by atoms with E-state index in [0.29, 0.717) is 30.1 Å². The number of nitrogens with zero attached hydrogens (tertiary/aromatic N) is 3. The van der Waals surface area contributed by atoms with E-state index in [0.717, 1.165) is 22.2 Å². The van der Waals surface area contributed by atoms with Crippen molar-refractivity contribution in [1.82, 2.24) is 14.5 Å². The van der Waals surface area contributed by atoms with Crippen molar-refractivity contribution in [2.24, 2.45) is 7.05 Å². The number of benzene rings is 2. The number of rotatable bonds is 6. The van der Waals surface area contributed by atoms with Crippen molar-refractivity contribution in [3.05, 3.63) is 77.7 Å². The summed E-state index contributed by atoms with van der Waals surface area (Å²) in [5.41, 5.74) is 3.91. The van der Waals surface area contributed by atoms with Crippen molar-refractivity contribution in [2.45, 2.75) is 24.1 Å². The number of aromatic nitrogens is 2. The van der Waals surface area contributed by atoms with Crippen LogP contribution in [0.25, 0.3) is 22.0 Å². The Labute approximate surface area is 210 Å². The van der Waals surface area contributed by atoms with E-state index in [2.05, 4.69) is 4.98 Å². The molecule has 4 aromatic rings. The van der Waals surface area contributed by atoms with Crippen molar-refractivity contribution in [3.8, 4) is 16.9 Å². The molecule has 9 heteroatoms. The molecule has 0 unspecified atom stereocenters. The number of carbonyl (C=O) groups is 1.